The van der Waals surface area contributed by atoms with Crippen molar-refractivity contribution < 1.29 is 9.53 Å². The molecule has 2 rings (SSSR count). The molecular weight excluding hydrogens is 240 g/mol. The van der Waals surface area contributed by atoms with Crippen molar-refractivity contribution in [2.45, 2.75) is 32.1 Å². The zero-order chi connectivity index (χ0) is 13.5. The topological polar surface area (TPSA) is 50.7 Å². The summed E-state index contributed by atoms with van der Waals surface area (Å²) in [7, 11) is 1.63. The van der Waals surface area contributed by atoms with Crippen molar-refractivity contribution >= 4 is 12.1 Å². The number of benzene rings is 1. The van der Waals surface area contributed by atoms with Crippen LogP contribution < -0.4 is 10.2 Å². The van der Waals surface area contributed by atoms with Gasteiger partial charge < -0.3 is 4.74 Å². The predicted octanol–water partition coefficient (Wildman–Crippen LogP) is 2.73. The Bertz CT molecular complexity index is 434. The summed E-state index contributed by atoms with van der Waals surface area (Å²) in [6.07, 6.45) is 7.19. The molecule has 1 aliphatic carbocycles. The maximum absolute atomic E-state index is 11.8. The van der Waals surface area contributed by atoms with Crippen molar-refractivity contribution in [2.75, 3.05) is 7.11 Å². The Morgan fingerprint density at radius 1 is 1.26 bits per heavy atom. The van der Waals surface area contributed by atoms with Gasteiger partial charge in [-0.3, -0.25) is 4.79 Å². The second-order valence-corrected chi connectivity index (χ2v) is 4.84. The van der Waals surface area contributed by atoms with E-state index in [1.54, 1.807) is 13.3 Å². The molecule has 0 aliphatic heterocycles. The summed E-state index contributed by atoms with van der Waals surface area (Å²) in [4.78, 5) is 11.8. The smallest absolute Gasteiger partial charge is 0.243 e. The van der Waals surface area contributed by atoms with Crippen LogP contribution in [0.5, 0.6) is 5.75 Å². The third-order valence-corrected chi connectivity index (χ3v) is 3.48. The first kappa shape index (κ1) is 13.6. The predicted molar refractivity (Wildman–Crippen MR) is 75.3 cm³/mol. The van der Waals surface area contributed by atoms with Crippen molar-refractivity contribution in [1.82, 2.24) is 5.43 Å². The van der Waals surface area contributed by atoms with Gasteiger partial charge in [0.15, 0.2) is 0 Å². The number of rotatable bonds is 4. The lowest BCUT2D eigenvalue weighted by Crippen LogP contribution is -2.28. The molecule has 0 atom stereocenters. The summed E-state index contributed by atoms with van der Waals surface area (Å²) in [5, 5.41) is 4.01. The van der Waals surface area contributed by atoms with E-state index in [1.165, 1.54) is 6.42 Å². The quantitative estimate of drug-likeness (QED) is 0.668. The fraction of sp³-hybridized carbons (Fsp3) is 0.467. The fourth-order valence-corrected chi connectivity index (χ4v) is 2.32. The standard InChI is InChI=1S/C15H20N2O2/c1-19-14-9-7-12(8-10-14)11-16-17-15(18)13-5-3-2-4-6-13/h7-11,13H,2-6H2,1H3,(H,17,18)/b16-11+. The number of hydrazone groups is 1. The third kappa shape index (κ3) is 4.09. The number of methoxy groups -OCH3 is 1. The Balaban J connectivity index is 1.83. The van der Waals surface area contributed by atoms with Gasteiger partial charge in [0.25, 0.3) is 0 Å². The third-order valence-electron chi connectivity index (χ3n) is 3.48. The molecule has 1 aromatic carbocycles. The average Bonchev–Trinajstić information content (AvgIpc) is 2.49. The van der Waals surface area contributed by atoms with Crippen LogP contribution in [0.2, 0.25) is 0 Å². The molecule has 19 heavy (non-hydrogen) atoms. The van der Waals surface area contributed by atoms with Gasteiger partial charge in [0.05, 0.1) is 13.3 Å². The lowest BCUT2D eigenvalue weighted by Gasteiger charge is -2.19. The maximum Gasteiger partial charge on any atom is 0.243 e. The fourth-order valence-electron chi connectivity index (χ4n) is 2.32. The molecule has 0 heterocycles. The van der Waals surface area contributed by atoms with Gasteiger partial charge in [-0.2, -0.15) is 5.10 Å². The first-order valence-electron chi connectivity index (χ1n) is 6.76. The van der Waals surface area contributed by atoms with Crippen LogP contribution in [0.1, 0.15) is 37.7 Å². The van der Waals surface area contributed by atoms with Crippen LogP contribution in [0.4, 0.5) is 0 Å². The number of hydrogen-bond donors (Lipinski definition) is 1. The molecule has 1 amide bonds. The molecule has 1 N–H and O–H groups in total. The summed E-state index contributed by atoms with van der Waals surface area (Å²) in [6, 6.07) is 7.53. The molecular formula is C15H20N2O2. The highest BCUT2D eigenvalue weighted by atomic mass is 16.5. The normalized spacial score (nSPS) is 16.5. The Morgan fingerprint density at radius 2 is 1.95 bits per heavy atom. The van der Waals surface area contributed by atoms with E-state index in [1.807, 2.05) is 24.3 Å². The van der Waals surface area contributed by atoms with Crippen LogP contribution in [0.25, 0.3) is 0 Å². The van der Waals surface area contributed by atoms with Gasteiger partial charge in [0.2, 0.25) is 5.91 Å². The number of carbonyl (C=O) groups is 1. The lowest BCUT2D eigenvalue weighted by molar-refractivity contribution is -0.125. The molecule has 4 heteroatoms. The van der Waals surface area contributed by atoms with Crippen LogP contribution in [-0.2, 0) is 4.79 Å². The number of hydrogen-bond acceptors (Lipinski definition) is 3. The number of ether oxygens (including phenoxy) is 1. The highest BCUT2D eigenvalue weighted by molar-refractivity contribution is 5.83. The van der Waals surface area contributed by atoms with Crippen molar-refractivity contribution in [3.8, 4) is 5.75 Å². The molecule has 102 valence electrons. The molecule has 0 saturated heterocycles. The lowest BCUT2D eigenvalue weighted by atomic mass is 9.89. The van der Waals surface area contributed by atoms with E-state index in [-0.39, 0.29) is 11.8 Å². The number of amides is 1. The van der Waals surface area contributed by atoms with E-state index in [4.69, 9.17) is 4.74 Å². The van der Waals surface area contributed by atoms with E-state index in [2.05, 4.69) is 10.5 Å². The summed E-state index contributed by atoms with van der Waals surface area (Å²) in [5.74, 6) is 0.995. The molecule has 0 spiro atoms. The Kier molecular flexibility index (Phi) is 4.95. The van der Waals surface area contributed by atoms with Crippen LogP contribution in [-0.4, -0.2) is 19.2 Å². The minimum atomic E-state index is 0.0458. The Hall–Kier alpha value is -1.84. The van der Waals surface area contributed by atoms with Gasteiger partial charge in [-0.05, 0) is 42.7 Å². The summed E-state index contributed by atoms with van der Waals surface area (Å²) < 4.78 is 5.08. The molecule has 0 bridgehead atoms. The Labute approximate surface area is 113 Å². The molecule has 0 unspecified atom stereocenters. The second kappa shape index (κ2) is 6.92. The Morgan fingerprint density at radius 3 is 2.58 bits per heavy atom. The van der Waals surface area contributed by atoms with Crippen molar-refractivity contribution in [3.63, 3.8) is 0 Å². The van der Waals surface area contributed by atoms with E-state index < -0.39 is 0 Å². The van der Waals surface area contributed by atoms with Crippen molar-refractivity contribution in [3.05, 3.63) is 29.8 Å². The first-order chi connectivity index (χ1) is 9.29. The zero-order valence-electron chi connectivity index (χ0n) is 11.3. The van der Waals surface area contributed by atoms with Gasteiger partial charge >= 0.3 is 0 Å². The van der Waals surface area contributed by atoms with Crippen LogP contribution in [0, 0.1) is 5.92 Å². The van der Waals surface area contributed by atoms with Gasteiger partial charge in [0, 0.05) is 5.92 Å². The summed E-state index contributed by atoms with van der Waals surface area (Å²) >= 11 is 0. The SMILES string of the molecule is COc1ccc(/C=N/NC(=O)C2CCCCC2)cc1. The summed E-state index contributed by atoms with van der Waals surface area (Å²) in [5.41, 5.74) is 3.56. The van der Waals surface area contributed by atoms with Crippen LogP contribution >= 0.6 is 0 Å². The minimum Gasteiger partial charge on any atom is -0.497 e. The maximum atomic E-state index is 11.8. The molecule has 1 aromatic rings. The zero-order valence-corrected chi connectivity index (χ0v) is 11.3. The van der Waals surface area contributed by atoms with Gasteiger partial charge in [-0.1, -0.05) is 19.3 Å². The van der Waals surface area contributed by atoms with Crippen LogP contribution in [0.3, 0.4) is 0 Å². The molecule has 1 fully saturated rings. The van der Waals surface area contributed by atoms with E-state index in [0.29, 0.717) is 0 Å². The van der Waals surface area contributed by atoms with E-state index in [9.17, 15) is 4.79 Å². The van der Waals surface area contributed by atoms with Gasteiger partial charge in [0.1, 0.15) is 5.75 Å². The highest BCUT2D eigenvalue weighted by Gasteiger charge is 2.20. The van der Waals surface area contributed by atoms with E-state index in [0.717, 1.165) is 37.0 Å². The monoisotopic (exact) mass is 260 g/mol. The highest BCUT2D eigenvalue weighted by Crippen LogP contribution is 2.23. The first-order valence-corrected chi connectivity index (χ1v) is 6.76. The van der Waals surface area contributed by atoms with Crippen LogP contribution in [0.15, 0.2) is 29.4 Å². The molecule has 1 saturated carbocycles. The van der Waals surface area contributed by atoms with Gasteiger partial charge in [-0.15, -0.1) is 0 Å². The number of carbonyl (C=O) groups excluding carboxylic acids is 1. The summed E-state index contributed by atoms with van der Waals surface area (Å²) in [6.45, 7) is 0. The number of nitrogens with zero attached hydrogens (tertiary/aromatic N) is 1. The largest absolute Gasteiger partial charge is 0.497 e. The molecule has 1 aliphatic rings. The van der Waals surface area contributed by atoms with Crippen molar-refractivity contribution in [2.24, 2.45) is 11.0 Å². The van der Waals surface area contributed by atoms with E-state index >= 15 is 0 Å². The average molecular weight is 260 g/mol. The molecule has 0 aromatic heterocycles. The number of nitrogens with one attached hydrogen (secondary N) is 1. The molecule has 4 nitrogen and oxygen atoms in total. The van der Waals surface area contributed by atoms with Crippen molar-refractivity contribution in [1.29, 1.82) is 0 Å². The minimum absolute atomic E-state index is 0.0458. The second-order valence-electron chi connectivity index (χ2n) is 4.84. The van der Waals surface area contributed by atoms with Gasteiger partial charge in [-0.25, -0.2) is 5.43 Å². The molecule has 0 radical (unpaired) electrons.